The zero-order valence-electron chi connectivity index (χ0n) is 8.87. The number of halogens is 1. The van der Waals surface area contributed by atoms with Crippen molar-refractivity contribution in [3.63, 3.8) is 0 Å². The Morgan fingerprint density at radius 2 is 2.06 bits per heavy atom. The monoisotopic (exact) mass is 277 g/mol. The largest absolute Gasteiger partial charge is 0.398 e. The number of nitrogens with one attached hydrogen (secondary N) is 1. The van der Waals surface area contributed by atoms with Crippen molar-refractivity contribution in [2.24, 2.45) is 0 Å². The minimum Gasteiger partial charge on any atom is -0.398 e. The number of nitrogen functional groups attached to an aromatic ring is 1. The van der Waals surface area contributed by atoms with Gasteiger partial charge in [-0.15, -0.1) is 0 Å². The van der Waals surface area contributed by atoms with Crippen LogP contribution in [0.25, 0.3) is 0 Å². The van der Waals surface area contributed by atoms with Crippen LogP contribution in [0.5, 0.6) is 0 Å². The summed E-state index contributed by atoms with van der Waals surface area (Å²) in [4.78, 5) is 4.26. The maximum Gasteiger partial charge on any atom is 0.132 e. The summed E-state index contributed by atoms with van der Waals surface area (Å²) in [6, 6.07) is 9.70. The number of anilines is 3. The number of aryl methyl sites for hydroxylation is 1. The highest BCUT2D eigenvalue weighted by Gasteiger charge is 2.01. The fraction of sp³-hybridized carbons (Fsp3) is 0.0833. The lowest BCUT2D eigenvalue weighted by Crippen LogP contribution is -1.97. The van der Waals surface area contributed by atoms with E-state index >= 15 is 0 Å². The molecule has 1 aromatic carbocycles. The quantitative estimate of drug-likeness (QED) is 0.884. The van der Waals surface area contributed by atoms with E-state index in [4.69, 9.17) is 5.73 Å². The molecule has 2 aromatic rings. The number of benzene rings is 1. The summed E-state index contributed by atoms with van der Waals surface area (Å²) < 4.78 is 0.996. The summed E-state index contributed by atoms with van der Waals surface area (Å²) in [5, 5.41) is 3.20. The predicted octanol–water partition coefficient (Wildman–Crippen LogP) is 3.48. The summed E-state index contributed by atoms with van der Waals surface area (Å²) in [5.74, 6) is 0.745. The van der Waals surface area contributed by atoms with Gasteiger partial charge in [0, 0.05) is 22.4 Å². The molecule has 1 aromatic heterocycles. The average molecular weight is 278 g/mol. The van der Waals surface area contributed by atoms with E-state index in [0.717, 1.165) is 27.2 Å². The number of rotatable bonds is 2. The first-order valence-corrected chi connectivity index (χ1v) is 5.70. The fourth-order valence-electron chi connectivity index (χ4n) is 1.31. The van der Waals surface area contributed by atoms with Crippen LogP contribution in [0.4, 0.5) is 17.2 Å². The van der Waals surface area contributed by atoms with Crippen molar-refractivity contribution in [2.75, 3.05) is 11.1 Å². The molecule has 4 heteroatoms. The summed E-state index contributed by atoms with van der Waals surface area (Å²) in [5.41, 5.74) is 8.52. The molecule has 3 nitrogen and oxygen atoms in total. The molecule has 3 N–H and O–H groups in total. The van der Waals surface area contributed by atoms with Crippen LogP contribution in [0.3, 0.4) is 0 Å². The summed E-state index contributed by atoms with van der Waals surface area (Å²) >= 11 is 3.47. The highest BCUT2D eigenvalue weighted by Crippen LogP contribution is 2.25. The molecule has 2 rings (SSSR count). The van der Waals surface area contributed by atoms with Crippen molar-refractivity contribution in [3.8, 4) is 0 Å². The molecule has 82 valence electrons. The normalized spacial score (nSPS) is 10.1. The molecule has 0 radical (unpaired) electrons. The molecule has 0 unspecified atom stereocenters. The van der Waals surface area contributed by atoms with Crippen LogP contribution >= 0.6 is 15.9 Å². The van der Waals surface area contributed by atoms with Gasteiger partial charge in [-0.2, -0.15) is 0 Å². The average Bonchev–Trinajstić information content (AvgIpc) is 2.27. The first kappa shape index (κ1) is 11.0. The Kier molecular flexibility index (Phi) is 3.10. The number of aromatic nitrogens is 1. The number of hydrogen-bond donors (Lipinski definition) is 2. The second-order valence-electron chi connectivity index (χ2n) is 3.53. The van der Waals surface area contributed by atoms with Gasteiger partial charge in [-0.3, -0.25) is 0 Å². The van der Waals surface area contributed by atoms with E-state index in [-0.39, 0.29) is 0 Å². The van der Waals surface area contributed by atoms with Crippen molar-refractivity contribution in [1.82, 2.24) is 4.98 Å². The van der Waals surface area contributed by atoms with Crippen LogP contribution < -0.4 is 11.1 Å². The van der Waals surface area contributed by atoms with Gasteiger partial charge in [0.25, 0.3) is 0 Å². The molecule has 0 spiro atoms. The van der Waals surface area contributed by atoms with E-state index in [1.807, 2.05) is 37.3 Å². The molecule has 0 aliphatic carbocycles. The lowest BCUT2D eigenvalue weighted by Gasteiger charge is -2.08. The molecule has 1 heterocycles. The van der Waals surface area contributed by atoms with Crippen molar-refractivity contribution < 1.29 is 0 Å². The van der Waals surface area contributed by atoms with E-state index in [2.05, 4.69) is 26.2 Å². The third-order valence-electron chi connectivity index (χ3n) is 2.28. The smallest absolute Gasteiger partial charge is 0.132 e. The molecular weight excluding hydrogens is 266 g/mol. The number of hydrogen-bond acceptors (Lipinski definition) is 3. The van der Waals surface area contributed by atoms with Gasteiger partial charge >= 0.3 is 0 Å². The highest BCUT2D eigenvalue weighted by molar-refractivity contribution is 9.10. The van der Waals surface area contributed by atoms with E-state index in [9.17, 15) is 0 Å². The van der Waals surface area contributed by atoms with Gasteiger partial charge in [0.15, 0.2) is 0 Å². The maximum atomic E-state index is 5.82. The number of para-hydroxylation sites is 1. The Bertz CT molecular complexity index is 511. The molecule has 0 fully saturated rings. The van der Waals surface area contributed by atoms with Gasteiger partial charge in [0.1, 0.15) is 5.82 Å². The molecule has 0 aliphatic heterocycles. The van der Waals surface area contributed by atoms with Crippen LogP contribution in [0.2, 0.25) is 0 Å². The zero-order chi connectivity index (χ0) is 11.5. The molecule has 0 atom stereocenters. The van der Waals surface area contributed by atoms with Crippen LogP contribution in [-0.2, 0) is 0 Å². The second-order valence-corrected chi connectivity index (χ2v) is 4.39. The molecular formula is C12H12BrN3. The van der Waals surface area contributed by atoms with Gasteiger partial charge in [0.2, 0.25) is 0 Å². The second kappa shape index (κ2) is 4.53. The van der Waals surface area contributed by atoms with Gasteiger partial charge in [-0.1, -0.05) is 12.1 Å². The Balaban J connectivity index is 2.28. The number of nitrogens with zero attached hydrogens (tertiary/aromatic N) is 1. The minimum atomic E-state index is 0.740. The van der Waals surface area contributed by atoms with Crippen LogP contribution in [-0.4, -0.2) is 4.98 Å². The maximum absolute atomic E-state index is 5.82. The summed E-state index contributed by atoms with van der Waals surface area (Å²) in [6.45, 7) is 1.94. The first-order valence-electron chi connectivity index (χ1n) is 4.90. The summed E-state index contributed by atoms with van der Waals surface area (Å²) in [7, 11) is 0. The van der Waals surface area contributed by atoms with E-state index in [0.29, 0.717) is 0 Å². The number of pyridine rings is 1. The van der Waals surface area contributed by atoms with Crippen molar-refractivity contribution in [1.29, 1.82) is 0 Å². The van der Waals surface area contributed by atoms with Crippen LogP contribution in [0, 0.1) is 6.92 Å². The Morgan fingerprint density at radius 1 is 1.31 bits per heavy atom. The fourth-order valence-corrected chi connectivity index (χ4v) is 1.69. The molecule has 0 saturated heterocycles. The SMILES string of the molecule is Cc1cnc(Nc2ccccc2Br)cc1N. The highest BCUT2D eigenvalue weighted by atomic mass is 79.9. The Hall–Kier alpha value is -1.55. The molecule has 0 amide bonds. The van der Waals surface area contributed by atoms with E-state index < -0.39 is 0 Å². The van der Waals surface area contributed by atoms with Gasteiger partial charge < -0.3 is 11.1 Å². The van der Waals surface area contributed by atoms with Crippen molar-refractivity contribution in [3.05, 3.63) is 46.6 Å². The Labute approximate surface area is 103 Å². The zero-order valence-corrected chi connectivity index (χ0v) is 10.5. The molecule has 0 bridgehead atoms. The van der Waals surface area contributed by atoms with Crippen LogP contribution in [0.1, 0.15) is 5.56 Å². The molecule has 0 saturated carbocycles. The minimum absolute atomic E-state index is 0.740. The van der Waals surface area contributed by atoms with Crippen molar-refractivity contribution >= 4 is 33.1 Å². The van der Waals surface area contributed by atoms with Gasteiger partial charge in [0.05, 0.1) is 5.69 Å². The summed E-state index contributed by atoms with van der Waals surface area (Å²) in [6.07, 6.45) is 1.76. The van der Waals surface area contributed by atoms with Crippen LogP contribution in [0.15, 0.2) is 41.0 Å². The third-order valence-corrected chi connectivity index (χ3v) is 2.97. The lowest BCUT2D eigenvalue weighted by atomic mass is 10.2. The van der Waals surface area contributed by atoms with Crippen molar-refractivity contribution in [2.45, 2.75) is 6.92 Å². The van der Waals surface area contributed by atoms with Gasteiger partial charge in [-0.25, -0.2) is 4.98 Å². The number of nitrogens with two attached hydrogens (primary N) is 1. The van der Waals surface area contributed by atoms with E-state index in [1.165, 1.54) is 0 Å². The molecule has 16 heavy (non-hydrogen) atoms. The Morgan fingerprint density at radius 3 is 2.75 bits per heavy atom. The first-order chi connectivity index (χ1) is 7.66. The van der Waals surface area contributed by atoms with Gasteiger partial charge in [-0.05, 0) is 40.5 Å². The lowest BCUT2D eigenvalue weighted by molar-refractivity contribution is 1.26. The van der Waals surface area contributed by atoms with E-state index in [1.54, 1.807) is 6.20 Å². The predicted molar refractivity (Wildman–Crippen MR) is 70.8 cm³/mol. The topological polar surface area (TPSA) is 50.9 Å². The molecule has 0 aliphatic rings. The standard InChI is InChI=1S/C12H12BrN3/c1-8-7-15-12(6-10(8)14)16-11-5-3-2-4-9(11)13/h2-7H,1H3,(H3,14,15,16). The third kappa shape index (κ3) is 2.33.